The van der Waals surface area contributed by atoms with E-state index in [1.54, 1.807) is 0 Å². The normalized spacial score (nSPS) is 41.2. The van der Waals surface area contributed by atoms with Gasteiger partial charge < -0.3 is 4.74 Å². The van der Waals surface area contributed by atoms with Gasteiger partial charge in [-0.25, -0.2) is 0 Å². The predicted octanol–water partition coefficient (Wildman–Crippen LogP) is 1.71. The van der Waals surface area contributed by atoms with Gasteiger partial charge >= 0.3 is 0 Å². The first-order valence-electron chi connectivity index (χ1n) is 3.72. The van der Waals surface area contributed by atoms with Gasteiger partial charge in [0, 0.05) is 0 Å². The standard InChI is InChI=1S/C7H13NO2/c1-5-3-4-7(8-9)6(2)10-5/h5-7H,3-4H2,1-2H3/t5?,6-,7?/m1/s1. The molecule has 1 aliphatic rings. The highest BCUT2D eigenvalue weighted by molar-refractivity contribution is 4.79. The molecule has 0 spiro atoms. The molecule has 0 aromatic carbocycles. The Balaban J connectivity index is 2.43. The highest BCUT2D eigenvalue weighted by atomic mass is 16.5. The molecule has 0 bridgehead atoms. The smallest absolute Gasteiger partial charge is 0.118 e. The van der Waals surface area contributed by atoms with Crippen molar-refractivity contribution < 1.29 is 4.74 Å². The van der Waals surface area contributed by atoms with Crippen molar-refractivity contribution >= 4 is 0 Å². The summed E-state index contributed by atoms with van der Waals surface area (Å²) in [5.74, 6) is 0. The molecule has 10 heavy (non-hydrogen) atoms. The molecule has 3 nitrogen and oxygen atoms in total. The number of nitrogens with zero attached hydrogens (tertiary/aromatic N) is 1. The van der Waals surface area contributed by atoms with Gasteiger partial charge in [-0.05, 0) is 26.7 Å². The highest BCUT2D eigenvalue weighted by Gasteiger charge is 2.26. The van der Waals surface area contributed by atoms with Crippen LogP contribution in [0, 0.1) is 4.91 Å². The van der Waals surface area contributed by atoms with Crippen LogP contribution in [0.5, 0.6) is 0 Å². The minimum absolute atomic E-state index is 0.0150. The van der Waals surface area contributed by atoms with Crippen molar-refractivity contribution in [1.82, 2.24) is 0 Å². The second-order valence-electron chi connectivity index (χ2n) is 2.90. The summed E-state index contributed by atoms with van der Waals surface area (Å²) in [5.41, 5.74) is 0. The third-order valence-corrected chi connectivity index (χ3v) is 1.99. The Bertz CT molecular complexity index is 127. The number of rotatable bonds is 1. The highest BCUT2D eigenvalue weighted by Crippen LogP contribution is 2.20. The number of nitroso groups, excluding NO2 is 1. The Morgan fingerprint density at radius 1 is 1.40 bits per heavy atom. The Kier molecular flexibility index (Phi) is 2.38. The zero-order chi connectivity index (χ0) is 7.56. The largest absolute Gasteiger partial charge is 0.373 e. The minimum Gasteiger partial charge on any atom is -0.373 e. The average molecular weight is 143 g/mol. The zero-order valence-corrected chi connectivity index (χ0v) is 6.41. The van der Waals surface area contributed by atoms with Crippen molar-refractivity contribution in [1.29, 1.82) is 0 Å². The van der Waals surface area contributed by atoms with E-state index in [0.717, 1.165) is 12.8 Å². The summed E-state index contributed by atoms with van der Waals surface area (Å²) in [6.45, 7) is 3.93. The average Bonchev–Trinajstić information content (AvgIpc) is 1.88. The van der Waals surface area contributed by atoms with Gasteiger partial charge in [0.15, 0.2) is 0 Å². The lowest BCUT2D eigenvalue weighted by atomic mass is 10.0. The molecule has 58 valence electrons. The molecule has 2 unspecified atom stereocenters. The van der Waals surface area contributed by atoms with Crippen LogP contribution in [0.2, 0.25) is 0 Å². The molecule has 1 saturated heterocycles. The van der Waals surface area contributed by atoms with Crippen molar-refractivity contribution in [2.24, 2.45) is 5.18 Å². The fourth-order valence-corrected chi connectivity index (χ4v) is 1.30. The van der Waals surface area contributed by atoms with E-state index in [-0.39, 0.29) is 12.1 Å². The van der Waals surface area contributed by atoms with E-state index in [4.69, 9.17) is 4.74 Å². The fraction of sp³-hybridized carbons (Fsp3) is 1.00. The van der Waals surface area contributed by atoms with Gasteiger partial charge in [-0.1, -0.05) is 5.18 Å². The second-order valence-corrected chi connectivity index (χ2v) is 2.90. The van der Waals surface area contributed by atoms with Gasteiger partial charge in [-0.3, -0.25) is 0 Å². The topological polar surface area (TPSA) is 38.7 Å². The lowest BCUT2D eigenvalue weighted by Gasteiger charge is -2.28. The molecule has 1 aliphatic heterocycles. The predicted molar refractivity (Wildman–Crippen MR) is 38.8 cm³/mol. The van der Waals surface area contributed by atoms with Crippen LogP contribution in [0.25, 0.3) is 0 Å². The van der Waals surface area contributed by atoms with Crippen molar-refractivity contribution in [2.45, 2.75) is 44.9 Å². The molecule has 3 atom stereocenters. The molecule has 0 aromatic heterocycles. The van der Waals surface area contributed by atoms with E-state index < -0.39 is 0 Å². The molecule has 3 heteroatoms. The monoisotopic (exact) mass is 143 g/mol. The van der Waals surface area contributed by atoms with Crippen LogP contribution >= 0.6 is 0 Å². The van der Waals surface area contributed by atoms with Gasteiger partial charge in [-0.2, -0.15) is 4.91 Å². The lowest BCUT2D eigenvalue weighted by molar-refractivity contribution is -0.0407. The first kappa shape index (κ1) is 7.66. The van der Waals surface area contributed by atoms with Crippen LogP contribution in [-0.4, -0.2) is 18.2 Å². The lowest BCUT2D eigenvalue weighted by Crippen LogP contribution is -2.34. The summed E-state index contributed by atoms with van der Waals surface area (Å²) in [7, 11) is 0. The number of hydrogen-bond acceptors (Lipinski definition) is 3. The Hall–Kier alpha value is -0.440. The quantitative estimate of drug-likeness (QED) is 0.524. The Morgan fingerprint density at radius 2 is 2.10 bits per heavy atom. The van der Waals surface area contributed by atoms with Gasteiger partial charge in [0.05, 0.1) is 12.2 Å². The summed E-state index contributed by atoms with van der Waals surface area (Å²) in [6.07, 6.45) is 2.15. The second kappa shape index (κ2) is 3.10. The molecular formula is C7H13NO2. The molecule has 1 fully saturated rings. The molecule has 0 saturated carbocycles. The van der Waals surface area contributed by atoms with Crippen LogP contribution in [-0.2, 0) is 4.74 Å². The summed E-state index contributed by atoms with van der Waals surface area (Å²) in [4.78, 5) is 10.1. The van der Waals surface area contributed by atoms with Crippen molar-refractivity contribution in [3.63, 3.8) is 0 Å². The van der Waals surface area contributed by atoms with Gasteiger partial charge in [0.2, 0.25) is 0 Å². The maximum absolute atomic E-state index is 10.1. The first-order chi connectivity index (χ1) is 4.74. The van der Waals surface area contributed by atoms with E-state index in [1.165, 1.54) is 0 Å². The van der Waals surface area contributed by atoms with Crippen molar-refractivity contribution in [3.05, 3.63) is 4.91 Å². The summed E-state index contributed by atoms with van der Waals surface area (Å²) >= 11 is 0. The molecule has 1 heterocycles. The Labute approximate surface area is 60.7 Å². The van der Waals surface area contributed by atoms with Gasteiger partial charge in [0.1, 0.15) is 6.04 Å². The van der Waals surface area contributed by atoms with E-state index >= 15 is 0 Å². The van der Waals surface area contributed by atoms with Crippen LogP contribution in [0.4, 0.5) is 0 Å². The third kappa shape index (κ3) is 1.53. The molecule has 0 radical (unpaired) electrons. The van der Waals surface area contributed by atoms with E-state index in [0.29, 0.717) is 6.10 Å². The van der Waals surface area contributed by atoms with Crippen molar-refractivity contribution in [3.8, 4) is 0 Å². The summed E-state index contributed by atoms with van der Waals surface area (Å²) in [5, 5.41) is 2.99. The van der Waals surface area contributed by atoms with Crippen LogP contribution in [0.15, 0.2) is 5.18 Å². The number of hydrogen-bond donors (Lipinski definition) is 0. The molecule has 0 aliphatic carbocycles. The molecule has 0 amide bonds. The van der Waals surface area contributed by atoms with Crippen LogP contribution < -0.4 is 0 Å². The summed E-state index contributed by atoms with van der Waals surface area (Å²) in [6, 6.07) is -0.115. The van der Waals surface area contributed by atoms with Crippen LogP contribution in [0.1, 0.15) is 26.7 Å². The van der Waals surface area contributed by atoms with E-state index in [2.05, 4.69) is 5.18 Å². The maximum atomic E-state index is 10.1. The minimum atomic E-state index is -0.115. The third-order valence-electron chi connectivity index (χ3n) is 1.99. The molecule has 0 N–H and O–H groups in total. The fourth-order valence-electron chi connectivity index (χ4n) is 1.30. The van der Waals surface area contributed by atoms with Crippen molar-refractivity contribution in [2.75, 3.05) is 0 Å². The van der Waals surface area contributed by atoms with Crippen LogP contribution in [0.3, 0.4) is 0 Å². The maximum Gasteiger partial charge on any atom is 0.118 e. The van der Waals surface area contributed by atoms with Gasteiger partial charge in [0.25, 0.3) is 0 Å². The van der Waals surface area contributed by atoms with Gasteiger partial charge in [-0.15, -0.1) is 0 Å². The molecular weight excluding hydrogens is 130 g/mol. The zero-order valence-electron chi connectivity index (χ0n) is 6.41. The van der Waals surface area contributed by atoms with E-state index in [9.17, 15) is 4.91 Å². The molecule has 1 rings (SSSR count). The Morgan fingerprint density at radius 3 is 2.60 bits per heavy atom. The van der Waals surface area contributed by atoms with E-state index in [1.807, 2.05) is 13.8 Å². The number of ether oxygens (including phenoxy) is 1. The first-order valence-corrected chi connectivity index (χ1v) is 3.72. The molecule has 0 aromatic rings. The summed E-state index contributed by atoms with van der Waals surface area (Å²) < 4.78 is 5.40. The SMILES string of the molecule is CC1CCC(N=O)[C@@H](C)O1.